The molecule has 3 heterocycles. The van der Waals surface area contributed by atoms with Gasteiger partial charge >= 0.3 is 5.97 Å². The van der Waals surface area contributed by atoms with Crippen molar-refractivity contribution in [1.29, 1.82) is 0 Å². The zero-order chi connectivity index (χ0) is 29.9. The van der Waals surface area contributed by atoms with Gasteiger partial charge in [0, 0.05) is 42.4 Å². The number of ketones is 1. The van der Waals surface area contributed by atoms with Gasteiger partial charge in [0.05, 0.1) is 21.8 Å². The minimum absolute atomic E-state index is 0.0493. The highest BCUT2D eigenvalue weighted by molar-refractivity contribution is 7.90. The number of hydrogen-bond acceptors (Lipinski definition) is 10. The Hall–Kier alpha value is -4.49. The molecule has 4 aromatic rings. The second-order valence-corrected chi connectivity index (χ2v) is 11.4. The molecule has 2 N–H and O–H groups in total. The van der Waals surface area contributed by atoms with Crippen LogP contribution < -0.4 is 4.74 Å². The number of carboxylic acid groups (broad SMARTS) is 1. The topological polar surface area (TPSA) is 170 Å². The first-order valence-corrected chi connectivity index (χ1v) is 14.3. The number of rotatable bonds is 7. The molecule has 0 spiro atoms. The van der Waals surface area contributed by atoms with E-state index in [0.717, 1.165) is 11.6 Å². The van der Waals surface area contributed by atoms with E-state index in [1.165, 1.54) is 30.1 Å². The maximum Gasteiger partial charge on any atom is 0.341 e. The van der Waals surface area contributed by atoms with Crippen LogP contribution in [-0.2, 0) is 26.5 Å². The molecule has 0 amide bonds. The second kappa shape index (κ2) is 11.9. The second-order valence-electron chi connectivity index (χ2n) is 8.97. The summed E-state index contributed by atoms with van der Waals surface area (Å²) in [4.78, 5) is 32.4. The summed E-state index contributed by atoms with van der Waals surface area (Å²) < 4.78 is 30.6. The molecule has 0 fully saturated rings. The van der Waals surface area contributed by atoms with Crippen molar-refractivity contribution >= 4 is 49.8 Å². The Morgan fingerprint density at radius 3 is 2.54 bits per heavy atom. The van der Waals surface area contributed by atoms with Crippen LogP contribution in [-0.4, -0.2) is 70.3 Å². The number of aromatic nitrogens is 3. The van der Waals surface area contributed by atoms with Crippen molar-refractivity contribution in [2.75, 3.05) is 19.5 Å². The lowest BCUT2D eigenvalue weighted by molar-refractivity contribution is -0.139. The van der Waals surface area contributed by atoms with Gasteiger partial charge in [-0.2, -0.15) is 5.10 Å². The molecule has 2 aromatic heterocycles. The SMILES string of the molecule is Cc1c(C(=O)c2cnn(C)c2O)ccc(S(C)(=O)=O)c1C1=NOCC1.O=C(O)COc1ccc(Cl)c2cccnc12. The summed E-state index contributed by atoms with van der Waals surface area (Å²) in [5.74, 6) is -1.30. The number of pyridine rings is 1. The Morgan fingerprint density at radius 1 is 1.17 bits per heavy atom. The molecule has 12 nitrogen and oxygen atoms in total. The number of nitrogens with zero attached hydrogens (tertiary/aromatic N) is 4. The summed E-state index contributed by atoms with van der Waals surface area (Å²) in [5, 5.41) is 27.6. The average molecular weight is 601 g/mol. The van der Waals surface area contributed by atoms with Crippen LogP contribution in [0.15, 0.2) is 58.8 Å². The van der Waals surface area contributed by atoms with Gasteiger partial charge in [0.15, 0.2) is 22.2 Å². The first-order chi connectivity index (χ1) is 19.4. The van der Waals surface area contributed by atoms with Crippen LogP contribution in [0.5, 0.6) is 11.6 Å². The monoisotopic (exact) mass is 600 g/mol. The molecule has 0 saturated heterocycles. The van der Waals surface area contributed by atoms with E-state index in [4.69, 9.17) is 26.3 Å². The number of carboxylic acids is 1. The van der Waals surface area contributed by atoms with Crippen molar-refractivity contribution in [2.45, 2.75) is 18.2 Å². The lowest BCUT2D eigenvalue weighted by Crippen LogP contribution is -2.14. The first-order valence-electron chi connectivity index (χ1n) is 12.1. The standard InChI is InChI=1S/C16H17N3O5S.C11H8ClNO3/c1-9-10(15(20)11-8-17-19(2)16(11)21)4-5-13(25(3,22)23)14(9)12-6-7-24-18-12;12-8-3-4-9(16-6-10(14)15)11-7(8)2-1-5-13-11/h4-5,8,21H,6-7H2,1-3H3;1-5H,6H2,(H,14,15). The number of carbonyl (C=O) groups is 2. The number of halogens is 1. The molecule has 214 valence electrons. The van der Waals surface area contributed by atoms with Crippen LogP contribution in [0.2, 0.25) is 5.02 Å². The number of aryl methyl sites for hydroxylation is 1. The first kappa shape index (κ1) is 29.5. The number of sulfone groups is 1. The molecule has 0 bridgehead atoms. The van der Waals surface area contributed by atoms with Gasteiger partial charge in [0.25, 0.3) is 0 Å². The molecule has 0 unspecified atom stereocenters. The molecule has 1 aliphatic heterocycles. The number of carbonyl (C=O) groups excluding carboxylic acids is 1. The van der Waals surface area contributed by atoms with Crippen LogP contribution in [0.25, 0.3) is 10.9 Å². The number of ether oxygens (including phenoxy) is 1. The van der Waals surface area contributed by atoms with Crippen LogP contribution in [0, 0.1) is 6.92 Å². The largest absolute Gasteiger partial charge is 0.493 e. The van der Waals surface area contributed by atoms with Crippen LogP contribution in [0.4, 0.5) is 0 Å². The minimum Gasteiger partial charge on any atom is -0.493 e. The number of aromatic hydroxyl groups is 1. The Balaban J connectivity index is 0.000000208. The van der Waals surface area contributed by atoms with Gasteiger partial charge in [-0.1, -0.05) is 16.8 Å². The fourth-order valence-electron chi connectivity index (χ4n) is 4.19. The van der Waals surface area contributed by atoms with Crippen LogP contribution in [0.1, 0.15) is 33.5 Å². The zero-order valence-corrected chi connectivity index (χ0v) is 23.7. The predicted octanol–water partition coefficient (Wildman–Crippen LogP) is 3.54. The average Bonchev–Trinajstić information content (AvgIpc) is 3.58. The molecule has 1 aliphatic rings. The molecular formula is C27H25ClN4O8S. The predicted molar refractivity (Wildman–Crippen MR) is 150 cm³/mol. The molecule has 0 saturated carbocycles. The Kier molecular flexibility index (Phi) is 8.59. The fraction of sp³-hybridized carbons (Fsp3) is 0.222. The van der Waals surface area contributed by atoms with E-state index in [9.17, 15) is 23.1 Å². The summed E-state index contributed by atoms with van der Waals surface area (Å²) in [6.07, 6.45) is 4.44. The smallest absolute Gasteiger partial charge is 0.341 e. The molecular weight excluding hydrogens is 576 g/mol. The highest BCUT2D eigenvalue weighted by Gasteiger charge is 2.27. The normalized spacial score (nSPS) is 12.7. The van der Waals surface area contributed by atoms with Crippen molar-refractivity contribution < 1.29 is 37.8 Å². The van der Waals surface area contributed by atoms with Crippen molar-refractivity contribution in [1.82, 2.24) is 14.8 Å². The van der Waals surface area contributed by atoms with Gasteiger partial charge in [-0.15, -0.1) is 0 Å². The van der Waals surface area contributed by atoms with Crippen molar-refractivity contribution in [3.8, 4) is 11.6 Å². The van der Waals surface area contributed by atoms with E-state index < -0.39 is 28.2 Å². The maximum absolute atomic E-state index is 12.8. The Bertz CT molecular complexity index is 1800. The lowest BCUT2D eigenvalue weighted by Gasteiger charge is -2.14. The lowest BCUT2D eigenvalue weighted by atomic mass is 9.93. The highest BCUT2D eigenvalue weighted by atomic mass is 35.5. The van der Waals surface area contributed by atoms with Gasteiger partial charge in [-0.25, -0.2) is 17.9 Å². The van der Waals surface area contributed by atoms with E-state index in [2.05, 4.69) is 15.2 Å². The fourth-order valence-corrected chi connectivity index (χ4v) is 5.36. The van der Waals surface area contributed by atoms with Crippen molar-refractivity contribution in [3.63, 3.8) is 0 Å². The summed E-state index contributed by atoms with van der Waals surface area (Å²) in [7, 11) is -2.00. The summed E-state index contributed by atoms with van der Waals surface area (Å²) in [5.41, 5.74) is 2.24. The summed E-state index contributed by atoms with van der Waals surface area (Å²) in [6, 6.07) is 9.66. The van der Waals surface area contributed by atoms with E-state index in [-0.39, 0.29) is 21.9 Å². The Morgan fingerprint density at radius 2 is 1.93 bits per heavy atom. The number of benzene rings is 2. The molecule has 41 heavy (non-hydrogen) atoms. The number of fused-ring (bicyclic) bond motifs is 1. The summed E-state index contributed by atoms with van der Waals surface area (Å²) >= 11 is 5.98. The van der Waals surface area contributed by atoms with E-state index in [0.29, 0.717) is 46.2 Å². The minimum atomic E-state index is -3.52. The Labute approximate surface area is 239 Å². The van der Waals surface area contributed by atoms with Crippen molar-refractivity contribution in [2.24, 2.45) is 12.2 Å². The molecule has 5 rings (SSSR count). The molecule has 0 radical (unpaired) electrons. The van der Waals surface area contributed by atoms with Gasteiger partial charge < -0.3 is 19.8 Å². The van der Waals surface area contributed by atoms with Gasteiger partial charge in [0.2, 0.25) is 5.88 Å². The maximum atomic E-state index is 12.8. The summed E-state index contributed by atoms with van der Waals surface area (Å²) in [6.45, 7) is 1.62. The van der Waals surface area contributed by atoms with Gasteiger partial charge in [-0.05, 0) is 48.9 Å². The quantitative estimate of drug-likeness (QED) is 0.299. The van der Waals surface area contributed by atoms with E-state index in [1.54, 1.807) is 37.4 Å². The number of oxime groups is 1. The van der Waals surface area contributed by atoms with Crippen molar-refractivity contribution in [3.05, 3.63) is 76.1 Å². The zero-order valence-electron chi connectivity index (χ0n) is 22.2. The third kappa shape index (κ3) is 6.31. The number of hydrogen-bond donors (Lipinski definition) is 2. The molecule has 2 aromatic carbocycles. The third-order valence-electron chi connectivity index (χ3n) is 6.15. The van der Waals surface area contributed by atoms with Crippen LogP contribution >= 0.6 is 11.6 Å². The third-order valence-corrected chi connectivity index (χ3v) is 7.62. The van der Waals surface area contributed by atoms with E-state index in [1.807, 2.05) is 0 Å². The molecule has 0 atom stereocenters. The number of aliphatic carboxylic acids is 1. The van der Waals surface area contributed by atoms with Crippen LogP contribution in [0.3, 0.4) is 0 Å². The highest BCUT2D eigenvalue weighted by Crippen LogP contribution is 2.30. The van der Waals surface area contributed by atoms with Gasteiger partial charge in [0.1, 0.15) is 23.4 Å². The molecule has 0 aliphatic carbocycles. The van der Waals surface area contributed by atoms with Gasteiger partial charge in [-0.3, -0.25) is 9.78 Å². The molecule has 14 heteroatoms. The van der Waals surface area contributed by atoms with E-state index >= 15 is 0 Å².